The second kappa shape index (κ2) is 4.62. The summed E-state index contributed by atoms with van der Waals surface area (Å²) < 4.78 is 1.86. The molecule has 17 heavy (non-hydrogen) atoms. The third-order valence-electron chi connectivity index (χ3n) is 2.17. The van der Waals surface area contributed by atoms with E-state index < -0.39 is 0 Å². The number of carbonyl (C=O) groups is 1. The van der Waals surface area contributed by atoms with E-state index in [0.717, 1.165) is 11.4 Å². The Hall–Kier alpha value is -1.77. The van der Waals surface area contributed by atoms with Gasteiger partial charge in [-0.15, -0.1) is 10.2 Å². The van der Waals surface area contributed by atoms with Gasteiger partial charge in [-0.2, -0.15) is 4.79 Å². The van der Waals surface area contributed by atoms with Gasteiger partial charge in [-0.25, -0.2) is 15.1 Å². The average molecular weight is 300 g/mol. The molecule has 0 unspecified atom stereocenters. The van der Waals surface area contributed by atoms with Crippen LogP contribution in [0.1, 0.15) is 11.4 Å². The van der Waals surface area contributed by atoms with Crippen LogP contribution in [0.3, 0.4) is 0 Å². The van der Waals surface area contributed by atoms with E-state index >= 15 is 0 Å². The SMILES string of the molecule is Cc1nnn(NC(=O)Cn2cnc(Br)n2)c1C. The van der Waals surface area contributed by atoms with E-state index in [4.69, 9.17) is 0 Å². The molecule has 2 rings (SSSR count). The number of rotatable bonds is 3. The summed E-state index contributed by atoms with van der Waals surface area (Å²) in [4.78, 5) is 16.8. The number of carbonyl (C=O) groups excluding carboxylic acids is 1. The van der Waals surface area contributed by atoms with Crippen molar-refractivity contribution in [2.24, 2.45) is 0 Å². The van der Waals surface area contributed by atoms with Crippen LogP contribution in [-0.4, -0.2) is 35.8 Å². The van der Waals surface area contributed by atoms with Crippen molar-refractivity contribution in [2.75, 3.05) is 5.43 Å². The number of nitrogens with one attached hydrogen (secondary N) is 1. The van der Waals surface area contributed by atoms with E-state index in [9.17, 15) is 4.79 Å². The lowest BCUT2D eigenvalue weighted by molar-refractivity contribution is -0.118. The van der Waals surface area contributed by atoms with Crippen molar-refractivity contribution >= 4 is 21.8 Å². The Labute approximate surface area is 105 Å². The molecule has 0 fully saturated rings. The van der Waals surface area contributed by atoms with Crippen LogP contribution in [0.25, 0.3) is 0 Å². The summed E-state index contributed by atoms with van der Waals surface area (Å²) in [6.07, 6.45) is 1.46. The molecule has 0 atom stereocenters. The van der Waals surface area contributed by atoms with Crippen molar-refractivity contribution in [3.05, 3.63) is 22.4 Å². The Balaban J connectivity index is 2.00. The van der Waals surface area contributed by atoms with Crippen LogP contribution < -0.4 is 5.43 Å². The van der Waals surface area contributed by atoms with Crippen LogP contribution in [0.15, 0.2) is 11.1 Å². The zero-order valence-corrected chi connectivity index (χ0v) is 10.8. The maximum Gasteiger partial charge on any atom is 0.261 e. The van der Waals surface area contributed by atoms with E-state index in [1.54, 1.807) is 0 Å². The first-order valence-electron chi connectivity index (χ1n) is 4.80. The number of hydrogen-bond acceptors (Lipinski definition) is 5. The van der Waals surface area contributed by atoms with Gasteiger partial charge in [-0.1, -0.05) is 0 Å². The van der Waals surface area contributed by atoms with Gasteiger partial charge in [0.05, 0.1) is 11.4 Å². The van der Waals surface area contributed by atoms with Crippen molar-refractivity contribution in [3.63, 3.8) is 0 Å². The van der Waals surface area contributed by atoms with Crippen molar-refractivity contribution in [1.82, 2.24) is 29.9 Å². The van der Waals surface area contributed by atoms with E-state index in [-0.39, 0.29) is 12.5 Å². The van der Waals surface area contributed by atoms with E-state index in [1.807, 2.05) is 13.8 Å². The van der Waals surface area contributed by atoms with Crippen LogP contribution in [0.5, 0.6) is 0 Å². The number of halogens is 1. The summed E-state index contributed by atoms with van der Waals surface area (Å²) in [5, 5.41) is 11.6. The summed E-state index contributed by atoms with van der Waals surface area (Å²) in [5.41, 5.74) is 4.15. The van der Waals surface area contributed by atoms with Crippen LogP contribution in [-0.2, 0) is 11.3 Å². The topological polar surface area (TPSA) is 90.5 Å². The van der Waals surface area contributed by atoms with Gasteiger partial charge >= 0.3 is 0 Å². The van der Waals surface area contributed by atoms with Gasteiger partial charge in [0, 0.05) is 0 Å². The highest BCUT2D eigenvalue weighted by molar-refractivity contribution is 9.10. The Bertz CT molecular complexity index is 546. The standard InChI is InChI=1S/C8H10BrN7O/c1-5-6(2)16(14-11-5)12-7(17)3-15-4-10-8(9)13-15/h4H,3H2,1-2H3,(H,12,17). The van der Waals surface area contributed by atoms with E-state index in [0.29, 0.717) is 4.73 Å². The van der Waals surface area contributed by atoms with Crippen LogP contribution in [0.2, 0.25) is 0 Å². The van der Waals surface area contributed by atoms with Gasteiger partial charge in [0.1, 0.15) is 12.9 Å². The van der Waals surface area contributed by atoms with Crippen molar-refractivity contribution in [3.8, 4) is 0 Å². The maximum absolute atomic E-state index is 11.6. The van der Waals surface area contributed by atoms with Gasteiger partial charge in [-0.3, -0.25) is 4.79 Å². The largest absolute Gasteiger partial charge is 0.271 e. The molecule has 0 saturated carbocycles. The minimum Gasteiger partial charge on any atom is -0.271 e. The summed E-state index contributed by atoms with van der Waals surface area (Å²) in [6.45, 7) is 3.71. The fraction of sp³-hybridized carbons (Fsp3) is 0.375. The third kappa shape index (κ3) is 2.67. The lowest BCUT2D eigenvalue weighted by Crippen LogP contribution is -2.28. The molecule has 0 radical (unpaired) electrons. The van der Waals surface area contributed by atoms with Crippen LogP contribution >= 0.6 is 15.9 Å². The highest BCUT2D eigenvalue weighted by Crippen LogP contribution is 2.00. The minimum absolute atomic E-state index is 0.0664. The fourth-order valence-corrected chi connectivity index (χ4v) is 1.45. The molecule has 0 bridgehead atoms. The predicted octanol–water partition coefficient (Wildman–Crippen LogP) is 0.0192. The Morgan fingerprint density at radius 1 is 1.53 bits per heavy atom. The molecule has 1 N–H and O–H groups in total. The normalized spacial score (nSPS) is 10.5. The van der Waals surface area contributed by atoms with Crippen LogP contribution in [0, 0.1) is 13.8 Å². The predicted molar refractivity (Wildman–Crippen MR) is 61.6 cm³/mol. The molecule has 90 valence electrons. The molecule has 1 amide bonds. The summed E-state index contributed by atoms with van der Waals surface area (Å²) in [7, 11) is 0. The molecule has 0 aliphatic carbocycles. The highest BCUT2D eigenvalue weighted by atomic mass is 79.9. The molecule has 0 aliphatic rings. The molecule has 0 aromatic carbocycles. The Kier molecular flexibility index (Phi) is 3.18. The third-order valence-corrected chi connectivity index (χ3v) is 2.53. The summed E-state index contributed by atoms with van der Waals surface area (Å²) in [5.74, 6) is -0.254. The van der Waals surface area contributed by atoms with E-state index in [2.05, 4.69) is 41.8 Å². The van der Waals surface area contributed by atoms with Gasteiger partial charge in [0.2, 0.25) is 4.73 Å². The molecule has 2 aromatic heterocycles. The first-order chi connectivity index (χ1) is 8.06. The highest BCUT2D eigenvalue weighted by Gasteiger charge is 2.09. The maximum atomic E-state index is 11.6. The first-order valence-corrected chi connectivity index (χ1v) is 5.59. The summed E-state index contributed by atoms with van der Waals surface area (Å²) >= 11 is 3.10. The average Bonchev–Trinajstić information content (AvgIpc) is 2.79. The molecular formula is C8H10BrN7O. The number of hydrogen-bond donors (Lipinski definition) is 1. The van der Waals surface area contributed by atoms with E-state index in [1.165, 1.54) is 15.8 Å². The quantitative estimate of drug-likeness (QED) is 0.863. The molecule has 9 heteroatoms. The molecule has 0 aliphatic heterocycles. The number of amides is 1. The van der Waals surface area contributed by atoms with Crippen molar-refractivity contribution in [1.29, 1.82) is 0 Å². The molecule has 0 spiro atoms. The molecular weight excluding hydrogens is 290 g/mol. The smallest absolute Gasteiger partial charge is 0.261 e. The van der Waals surface area contributed by atoms with Gasteiger partial charge in [-0.05, 0) is 35.0 Å². The van der Waals surface area contributed by atoms with Gasteiger partial charge in [0.25, 0.3) is 5.91 Å². The van der Waals surface area contributed by atoms with Gasteiger partial charge < -0.3 is 0 Å². The van der Waals surface area contributed by atoms with Crippen LogP contribution in [0.4, 0.5) is 0 Å². The van der Waals surface area contributed by atoms with Gasteiger partial charge in [0.15, 0.2) is 0 Å². The summed E-state index contributed by atoms with van der Waals surface area (Å²) in [6, 6.07) is 0. The fourth-order valence-electron chi connectivity index (χ4n) is 1.16. The second-order valence-corrected chi connectivity index (χ2v) is 4.13. The number of aryl methyl sites for hydroxylation is 1. The Morgan fingerprint density at radius 3 is 2.82 bits per heavy atom. The minimum atomic E-state index is -0.254. The molecule has 2 aromatic rings. The lowest BCUT2D eigenvalue weighted by Gasteiger charge is -2.05. The van der Waals surface area contributed by atoms with Crippen molar-refractivity contribution < 1.29 is 4.79 Å². The molecule has 0 saturated heterocycles. The second-order valence-electron chi connectivity index (χ2n) is 3.42. The molecule has 8 nitrogen and oxygen atoms in total. The molecule has 2 heterocycles. The Morgan fingerprint density at radius 2 is 2.29 bits per heavy atom. The zero-order chi connectivity index (χ0) is 12.4. The number of aromatic nitrogens is 6. The lowest BCUT2D eigenvalue weighted by atomic mass is 10.4. The first kappa shape index (κ1) is 11.7. The monoisotopic (exact) mass is 299 g/mol. The number of nitrogens with zero attached hydrogens (tertiary/aromatic N) is 6. The zero-order valence-electron chi connectivity index (χ0n) is 9.25. The van der Waals surface area contributed by atoms with Crippen molar-refractivity contribution in [2.45, 2.75) is 20.4 Å².